The fraction of sp³-hybridized carbons (Fsp3) is 0.250. The van der Waals surface area contributed by atoms with Crippen LogP contribution in [0.25, 0.3) is 0 Å². The van der Waals surface area contributed by atoms with Crippen molar-refractivity contribution in [2.45, 2.75) is 37.7 Å². The molecule has 0 saturated carbocycles. The number of aromatic nitrogens is 1. The molecule has 172 valence electrons. The molecule has 0 atom stereocenters. The molecule has 0 saturated heterocycles. The van der Waals surface area contributed by atoms with Crippen LogP contribution in [0, 0.1) is 0 Å². The van der Waals surface area contributed by atoms with Crippen LogP contribution < -0.4 is 5.48 Å². The Kier molecular flexibility index (Phi) is 6.90. The molecule has 1 N–H and O–H groups in total. The number of hydrogen-bond donors (Lipinski definition) is 1. The molecule has 4 rings (SSSR count). The summed E-state index contributed by atoms with van der Waals surface area (Å²) in [6.45, 7) is 2.97. The van der Waals surface area contributed by atoms with Gasteiger partial charge in [-0.3, -0.25) is 20.1 Å². The van der Waals surface area contributed by atoms with Gasteiger partial charge in [0, 0.05) is 11.4 Å². The average molecular weight is 474 g/mol. The summed E-state index contributed by atoms with van der Waals surface area (Å²) in [4.78, 5) is 25.5. The van der Waals surface area contributed by atoms with Crippen LogP contribution >= 0.6 is 11.8 Å². The van der Waals surface area contributed by atoms with E-state index in [-0.39, 0.29) is 12.5 Å². The Labute approximate surface area is 193 Å². The zero-order chi connectivity index (χ0) is 23.4. The highest BCUT2D eigenvalue weighted by atomic mass is 32.2. The number of carbonyl (C=O) groups excluding carboxylic acids is 1. The molecule has 5 nitrogen and oxygen atoms in total. The first-order valence-electron chi connectivity index (χ1n) is 10.4. The van der Waals surface area contributed by atoms with E-state index in [9.17, 15) is 18.0 Å². The van der Waals surface area contributed by atoms with Crippen LogP contribution in [0.1, 0.15) is 39.7 Å². The maximum Gasteiger partial charge on any atom is 0.416 e. The molecule has 0 spiro atoms. The van der Waals surface area contributed by atoms with Gasteiger partial charge in [0.2, 0.25) is 0 Å². The normalized spacial score (nSPS) is 13.3. The van der Waals surface area contributed by atoms with E-state index in [1.807, 2.05) is 24.3 Å². The standard InChI is InChI=1S/C24H22F3N3O2S/c1-2-33-20-9-5-17(6-10-20)15-32-29-19-11-21-22(28-12-19)14-30(23(21)31)13-16-3-7-18(8-4-16)24(25,26)27/h3-12,29H,2,13-15H2,1H3. The number of alkyl halides is 3. The van der Waals surface area contributed by atoms with Crippen molar-refractivity contribution in [1.82, 2.24) is 9.88 Å². The fourth-order valence-corrected chi connectivity index (χ4v) is 4.14. The number of nitrogens with zero attached hydrogens (tertiary/aromatic N) is 2. The number of rotatable bonds is 8. The van der Waals surface area contributed by atoms with Crippen LogP contribution in [0.15, 0.2) is 65.7 Å². The van der Waals surface area contributed by atoms with Gasteiger partial charge in [-0.25, -0.2) is 0 Å². The highest BCUT2D eigenvalue weighted by Gasteiger charge is 2.31. The molecular formula is C24H22F3N3O2S. The molecule has 2 heterocycles. The van der Waals surface area contributed by atoms with E-state index in [0.29, 0.717) is 35.7 Å². The van der Waals surface area contributed by atoms with Gasteiger partial charge in [0.1, 0.15) is 0 Å². The Morgan fingerprint density at radius 1 is 1.09 bits per heavy atom. The summed E-state index contributed by atoms with van der Waals surface area (Å²) in [6, 6.07) is 14.6. The van der Waals surface area contributed by atoms with Crippen LogP contribution in [-0.4, -0.2) is 21.5 Å². The lowest BCUT2D eigenvalue weighted by atomic mass is 10.1. The second kappa shape index (κ2) is 9.84. The molecule has 0 fully saturated rings. The van der Waals surface area contributed by atoms with E-state index in [1.165, 1.54) is 17.0 Å². The molecule has 1 amide bonds. The number of halogens is 3. The van der Waals surface area contributed by atoms with Crippen molar-refractivity contribution in [3.63, 3.8) is 0 Å². The highest BCUT2D eigenvalue weighted by Crippen LogP contribution is 2.30. The summed E-state index contributed by atoms with van der Waals surface area (Å²) >= 11 is 1.77. The maximum atomic E-state index is 12.8. The van der Waals surface area contributed by atoms with Gasteiger partial charge < -0.3 is 4.90 Å². The predicted octanol–water partition coefficient (Wildman–Crippen LogP) is 5.91. The zero-order valence-electron chi connectivity index (χ0n) is 17.9. The Hall–Kier alpha value is -3.04. The first-order valence-corrected chi connectivity index (χ1v) is 11.4. The fourth-order valence-electron chi connectivity index (χ4n) is 3.48. The molecule has 0 radical (unpaired) electrons. The third-order valence-electron chi connectivity index (χ3n) is 5.15. The highest BCUT2D eigenvalue weighted by molar-refractivity contribution is 7.99. The van der Waals surface area contributed by atoms with Gasteiger partial charge in [0.15, 0.2) is 0 Å². The van der Waals surface area contributed by atoms with Crippen LogP contribution in [0.4, 0.5) is 18.9 Å². The van der Waals surface area contributed by atoms with Crippen molar-refractivity contribution in [3.05, 3.63) is 88.7 Å². The minimum absolute atomic E-state index is 0.207. The molecule has 0 unspecified atom stereocenters. The summed E-state index contributed by atoms with van der Waals surface area (Å²) in [5, 5.41) is 0. The summed E-state index contributed by atoms with van der Waals surface area (Å²) in [5.41, 5.74) is 5.37. The number of thioether (sulfide) groups is 1. The smallest absolute Gasteiger partial charge is 0.328 e. The third kappa shape index (κ3) is 5.66. The van der Waals surface area contributed by atoms with Crippen molar-refractivity contribution in [1.29, 1.82) is 0 Å². The van der Waals surface area contributed by atoms with Gasteiger partial charge in [-0.15, -0.1) is 11.8 Å². The number of fused-ring (bicyclic) bond motifs is 1. The van der Waals surface area contributed by atoms with E-state index in [4.69, 9.17) is 4.84 Å². The second-order valence-corrected chi connectivity index (χ2v) is 8.88. The zero-order valence-corrected chi connectivity index (χ0v) is 18.7. The Morgan fingerprint density at radius 3 is 2.45 bits per heavy atom. The molecule has 9 heteroatoms. The first kappa shape index (κ1) is 23.1. The Morgan fingerprint density at radius 2 is 1.79 bits per heavy atom. The van der Waals surface area contributed by atoms with Crippen LogP contribution in [0.5, 0.6) is 0 Å². The first-order chi connectivity index (χ1) is 15.8. The minimum atomic E-state index is -4.38. The number of benzene rings is 2. The van der Waals surface area contributed by atoms with Crippen molar-refractivity contribution in [2.24, 2.45) is 0 Å². The van der Waals surface area contributed by atoms with Gasteiger partial charge in [0.25, 0.3) is 5.91 Å². The Bertz CT molecular complexity index is 1120. The molecule has 0 aliphatic carbocycles. The number of pyridine rings is 1. The van der Waals surface area contributed by atoms with Crippen molar-refractivity contribution < 1.29 is 22.8 Å². The molecule has 0 bridgehead atoms. The number of hydrogen-bond acceptors (Lipinski definition) is 5. The maximum absolute atomic E-state index is 12.8. The van der Waals surface area contributed by atoms with Gasteiger partial charge in [-0.05, 0) is 47.2 Å². The van der Waals surface area contributed by atoms with Crippen molar-refractivity contribution >= 4 is 23.4 Å². The topological polar surface area (TPSA) is 54.5 Å². The summed E-state index contributed by atoms with van der Waals surface area (Å²) in [7, 11) is 0. The van der Waals surface area contributed by atoms with Crippen LogP contribution in [-0.2, 0) is 30.7 Å². The van der Waals surface area contributed by atoms with Gasteiger partial charge in [-0.2, -0.15) is 13.2 Å². The second-order valence-electron chi connectivity index (χ2n) is 7.54. The number of nitrogens with one attached hydrogen (secondary N) is 1. The summed E-state index contributed by atoms with van der Waals surface area (Å²) in [6.07, 6.45) is -2.79. The SMILES string of the molecule is CCSc1ccc(CONc2cnc3c(c2)C(=O)N(Cc2ccc(C(F)(F)F)cc2)C3)cc1. The molecule has 1 aliphatic rings. The largest absolute Gasteiger partial charge is 0.416 e. The number of carbonyl (C=O) groups is 1. The van der Waals surface area contributed by atoms with Crippen LogP contribution in [0.2, 0.25) is 0 Å². The molecule has 1 aliphatic heterocycles. The Balaban J connectivity index is 1.34. The van der Waals surface area contributed by atoms with Gasteiger partial charge in [0.05, 0.1) is 41.9 Å². The predicted molar refractivity (Wildman–Crippen MR) is 121 cm³/mol. The number of amides is 1. The molecule has 2 aromatic carbocycles. The van der Waals surface area contributed by atoms with E-state index in [0.717, 1.165) is 23.4 Å². The average Bonchev–Trinajstić information content (AvgIpc) is 3.10. The van der Waals surface area contributed by atoms with E-state index < -0.39 is 11.7 Å². The lowest BCUT2D eigenvalue weighted by molar-refractivity contribution is -0.137. The molecular weight excluding hydrogens is 451 g/mol. The van der Waals surface area contributed by atoms with Crippen molar-refractivity contribution in [3.8, 4) is 0 Å². The van der Waals surface area contributed by atoms with Gasteiger partial charge >= 0.3 is 6.18 Å². The minimum Gasteiger partial charge on any atom is -0.328 e. The molecule has 33 heavy (non-hydrogen) atoms. The van der Waals surface area contributed by atoms with Crippen molar-refractivity contribution in [2.75, 3.05) is 11.2 Å². The monoisotopic (exact) mass is 473 g/mol. The van der Waals surface area contributed by atoms with Gasteiger partial charge in [-0.1, -0.05) is 31.2 Å². The van der Waals surface area contributed by atoms with E-state index in [2.05, 4.69) is 17.4 Å². The summed E-state index contributed by atoms with van der Waals surface area (Å²) < 4.78 is 38.2. The quantitative estimate of drug-likeness (QED) is 0.326. The lowest BCUT2D eigenvalue weighted by Crippen LogP contribution is -2.23. The summed E-state index contributed by atoms with van der Waals surface area (Å²) in [5.74, 6) is 0.800. The van der Waals surface area contributed by atoms with E-state index in [1.54, 1.807) is 28.9 Å². The molecule has 1 aromatic heterocycles. The van der Waals surface area contributed by atoms with E-state index >= 15 is 0 Å². The van der Waals surface area contributed by atoms with Crippen LogP contribution in [0.3, 0.4) is 0 Å². The number of anilines is 1. The molecule has 3 aromatic rings. The lowest BCUT2D eigenvalue weighted by Gasteiger charge is -2.16. The third-order valence-corrected chi connectivity index (χ3v) is 6.04.